The quantitative estimate of drug-likeness (QED) is 0.555. The molecule has 0 saturated heterocycles. The molecule has 0 unspecified atom stereocenters. The molecule has 0 aliphatic carbocycles. The van der Waals surface area contributed by atoms with E-state index >= 15 is 0 Å². The number of aromatic amines is 2. The summed E-state index contributed by atoms with van der Waals surface area (Å²) in [5.41, 5.74) is 8.61. The first kappa shape index (κ1) is 10.9. The fourth-order valence-corrected chi connectivity index (χ4v) is 2.04. The number of fused-ring (bicyclic) bond motifs is 1. The summed E-state index contributed by atoms with van der Waals surface area (Å²) < 4.78 is 0. The molecule has 0 fully saturated rings. The Morgan fingerprint density at radius 2 is 2.22 bits per heavy atom. The van der Waals surface area contributed by atoms with Gasteiger partial charge in [-0.15, -0.1) is 0 Å². The van der Waals surface area contributed by atoms with Gasteiger partial charge in [0, 0.05) is 22.7 Å². The highest BCUT2D eigenvalue weighted by atomic mass is 16.3. The Bertz CT molecular complexity index is 696. The molecule has 0 radical (unpaired) electrons. The molecule has 0 spiro atoms. The van der Waals surface area contributed by atoms with Crippen molar-refractivity contribution >= 4 is 10.9 Å². The lowest BCUT2D eigenvalue weighted by Gasteiger charge is -1.99. The molecule has 0 saturated carbocycles. The van der Waals surface area contributed by atoms with E-state index < -0.39 is 0 Å². The van der Waals surface area contributed by atoms with Gasteiger partial charge in [-0.2, -0.15) is 0 Å². The average Bonchev–Trinajstić information content (AvgIpc) is 2.93. The van der Waals surface area contributed by atoms with Gasteiger partial charge in [0.25, 0.3) is 0 Å². The van der Waals surface area contributed by atoms with E-state index in [-0.39, 0.29) is 11.8 Å². The van der Waals surface area contributed by atoms with E-state index in [9.17, 15) is 5.11 Å². The van der Waals surface area contributed by atoms with Crippen LogP contribution < -0.4 is 5.73 Å². The highest BCUT2D eigenvalue weighted by Crippen LogP contribution is 2.30. The van der Waals surface area contributed by atoms with Crippen LogP contribution in [-0.2, 0) is 0 Å². The number of hydrogen-bond acceptors (Lipinski definition) is 3. The van der Waals surface area contributed by atoms with Gasteiger partial charge in [-0.05, 0) is 25.1 Å². The molecule has 5 nitrogen and oxygen atoms in total. The predicted octanol–water partition coefficient (Wildman–Crippen LogP) is 2.28. The first-order valence-corrected chi connectivity index (χ1v) is 5.76. The van der Waals surface area contributed by atoms with Gasteiger partial charge in [-0.1, -0.05) is 0 Å². The lowest BCUT2D eigenvalue weighted by molar-refractivity contribution is 0.476. The molecule has 5 N–H and O–H groups in total. The standard InChI is InChI=1S/C13H14N4O/c1-7(14)13-16-6-12(17-13)10-5-15-11-3-2-8(18)4-9(10)11/h2-7,15,18H,14H2,1H3,(H,16,17)/t7-/m0/s1. The van der Waals surface area contributed by atoms with Gasteiger partial charge >= 0.3 is 0 Å². The fourth-order valence-electron chi connectivity index (χ4n) is 2.04. The Morgan fingerprint density at radius 3 is 2.94 bits per heavy atom. The first-order valence-electron chi connectivity index (χ1n) is 5.76. The Hall–Kier alpha value is -2.27. The topological polar surface area (TPSA) is 90.7 Å². The lowest BCUT2D eigenvalue weighted by Crippen LogP contribution is -2.06. The molecule has 2 aromatic heterocycles. The minimum atomic E-state index is -0.127. The number of phenolic OH excluding ortho intramolecular Hbond substituents is 1. The number of aromatic nitrogens is 3. The predicted molar refractivity (Wildman–Crippen MR) is 70.1 cm³/mol. The second-order valence-corrected chi connectivity index (χ2v) is 4.40. The van der Waals surface area contributed by atoms with E-state index in [1.54, 1.807) is 18.3 Å². The zero-order chi connectivity index (χ0) is 12.7. The summed E-state index contributed by atoms with van der Waals surface area (Å²) in [6, 6.07) is 5.10. The molecule has 18 heavy (non-hydrogen) atoms. The third-order valence-electron chi connectivity index (χ3n) is 2.98. The van der Waals surface area contributed by atoms with Crippen LogP contribution >= 0.6 is 0 Å². The van der Waals surface area contributed by atoms with Crippen molar-refractivity contribution in [2.45, 2.75) is 13.0 Å². The smallest absolute Gasteiger partial charge is 0.123 e. The summed E-state index contributed by atoms with van der Waals surface area (Å²) in [5, 5.41) is 10.5. The number of hydrogen-bond donors (Lipinski definition) is 4. The highest BCUT2D eigenvalue weighted by molar-refractivity contribution is 5.95. The van der Waals surface area contributed by atoms with Crippen LogP contribution in [0.3, 0.4) is 0 Å². The van der Waals surface area contributed by atoms with Gasteiger partial charge in [-0.25, -0.2) is 4.98 Å². The molecule has 1 atom stereocenters. The van der Waals surface area contributed by atoms with Crippen LogP contribution in [0, 0.1) is 0 Å². The van der Waals surface area contributed by atoms with Crippen LogP contribution in [0.2, 0.25) is 0 Å². The molecule has 0 amide bonds. The third-order valence-corrected chi connectivity index (χ3v) is 2.98. The maximum atomic E-state index is 9.55. The number of nitrogens with zero attached hydrogens (tertiary/aromatic N) is 1. The number of imidazole rings is 1. The Kier molecular flexibility index (Phi) is 2.34. The second kappa shape index (κ2) is 3.89. The van der Waals surface area contributed by atoms with Gasteiger partial charge in [0.05, 0.1) is 17.9 Å². The summed E-state index contributed by atoms with van der Waals surface area (Å²) in [6.45, 7) is 1.88. The summed E-state index contributed by atoms with van der Waals surface area (Å²) >= 11 is 0. The number of aromatic hydroxyl groups is 1. The summed E-state index contributed by atoms with van der Waals surface area (Å²) in [5.74, 6) is 0.995. The Labute approximate surface area is 104 Å². The zero-order valence-corrected chi connectivity index (χ0v) is 9.94. The van der Waals surface area contributed by atoms with Crippen molar-refractivity contribution in [2.75, 3.05) is 0 Å². The van der Waals surface area contributed by atoms with Gasteiger partial charge in [-0.3, -0.25) is 0 Å². The summed E-state index contributed by atoms with van der Waals surface area (Å²) in [4.78, 5) is 10.6. The minimum Gasteiger partial charge on any atom is -0.508 e. The first-order chi connectivity index (χ1) is 8.65. The molecular formula is C13H14N4O. The van der Waals surface area contributed by atoms with Gasteiger partial charge in [0.1, 0.15) is 11.6 Å². The van der Waals surface area contributed by atoms with Gasteiger partial charge in [0.2, 0.25) is 0 Å². The highest BCUT2D eigenvalue weighted by Gasteiger charge is 2.11. The Morgan fingerprint density at radius 1 is 1.39 bits per heavy atom. The molecular weight excluding hydrogens is 228 g/mol. The average molecular weight is 242 g/mol. The van der Waals surface area contributed by atoms with Crippen molar-refractivity contribution in [1.82, 2.24) is 15.0 Å². The van der Waals surface area contributed by atoms with Crippen LogP contribution in [0.15, 0.2) is 30.6 Å². The minimum absolute atomic E-state index is 0.127. The monoisotopic (exact) mass is 242 g/mol. The van der Waals surface area contributed by atoms with E-state index in [0.717, 1.165) is 28.0 Å². The van der Waals surface area contributed by atoms with E-state index in [2.05, 4.69) is 15.0 Å². The van der Waals surface area contributed by atoms with E-state index in [0.29, 0.717) is 0 Å². The van der Waals surface area contributed by atoms with E-state index in [4.69, 9.17) is 5.73 Å². The molecule has 0 bridgehead atoms. The molecule has 2 heterocycles. The second-order valence-electron chi connectivity index (χ2n) is 4.40. The zero-order valence-electron chi connectivity index (χ0n) is 9.94. The SMILES string of the molecule is C[C@H](N)c1ncc(-c2c[nH]c3ccc(O)cc23)[nH]1. The van der Waals surface area contributed by atoms with Crippen molar-refractivity contribution in [3.05, 3.63) is 36.4 Å². The van der Waals surface area contributed by atoms with Crippen molar-refractivity contribution in [3.63, 3.8) is 0 Å². The molecule has 3 rings (SSSR count). The van der Waals surface area contributed by atoms with Crippen molar-refractivity contribution in [3.8, 4) is 17.0 Å². The molecule has 92 valence electrons. The Balaban J connectivity index is 2.15. The van der Waals surface area contributed by atoms with Crippen LogP contribution in [-0.4, -0.2) is 20.1 Å². The maximum Gasteiger partial charge on any atom is 0.123 e. The normalized spacial score (nSPS) is 13.0. The van der Waals surface area contributed by atoms with Crippen LogP contribution in [0.4, 0.5) is 0 Å². The van der Waals surface area contributed by atoms with Crippen molar-refractivity contribution < 1.29 is 5.11 Å². The summed E-state index contributed by atoms with van der Waals surface area (Å²) in [6.07, 6.45) is 3.65. The van der Waals surface area contributed by atoms with Crippen LogP contribution in [0.1, 0.15) is 18.8 Å². The fraction of sp³-hybridized carbons (Fsp3) is 0.154. The number of rotatable bonds is 2. The summed E-state index contributed by atoms with van der Waals surface area (Å²) in [7, 11) is 0. The molecule has 1 aromatic carbocycles. The number of nitrogens with two attached hydrogens (primary N) is 1. The van der Waals surface area contributed by atoms with Gasteiger partial charge in [0.15, 0.2) is 0 Å². The number of phenols is 1. The van der Waals surface area contributed by atoms with E-state index in [1.807, 2.05) is 19.2 Å². The largest absolute Gasteiger partial charge is 0.508 e. The third kappa shape index (κ3) is 1.65. The maximum absolute atomic E-state index is 9.55. The number of H-pyrrole nitrogens is 2. The number of benzene rings is 1. The van der Waals surface area contributed by atoms with Crippen LogP contribution in [0.5, 0.6) is 5.75 Å². The molecule has 0 aliphatic rings. The molecule has 3 aromatic rings. The number of nitrogens with one attached hydrogen (secondary N) is 2. The van der Waals surface area contributed by atoms with Crippen LogP contribution in [0.25, 0.3) is 22.2 Å². The molecule has 0 aliphatic heterocycles. The van der Waals surface area contributed by atoms with Crippen molar-refractivity contribution in [2.24, 2.45) is 5.73 Å². The van der Waals surface area contributed by atoms with E-state index in [1.165, 1.54) is 0 Å². The van der Waals surface area contributed by atoms with Crippen molar-refractivity contribution in [1.29, 1.82) is 0 Å². The lowest BCUT2D eigenvalue weighted by atomic mass is 10.1. The molecule has 5 heteroatoms. The van der Waals surface area contributed by atoms with Gasteiger partial charge < -0.3 is 20.8 Å².